The van der Waals surface area contributed by atoms with Crippen LogP contribution in [-0.2, 0) is 0 Å². The maximum absolute atomic E-state index is 9.57. The molecule has 1 heterocycles. The molecule has 3 nitrogen and oxygen atoms in total. The zero-order valence-electron chi connectivity index (χ0n) is 11.3. The molecule has 1 saturated heterocycles. The number of benzene rings is 1. The summed E-state index contributed by atoms with van der Waals surface area (Å²) in [7, 11) is 2.02. The molecule has 3 heteroatoms. The fraction of sp³-hybridized carbons (Fsp3) is 0.600. The van der Waals surface area contributed by atoms with Crippen LogP contribution < -0.4 is 5.32 Å². The number of rotatable bonds is 5. The third-order valence-corrected chi connectivity index (χ3v) is 3.83. The molecule has 18 heavy (non-hydrogen) atoms. The van der Waals surface area contributed by atoms with Crippen molar-refractivity contribution in [1.29, 1.82) is 0 Å². The lowest BCUT2D eigenvalue weighted by Crippen LogP contribution is -2.34. The highest BCUT2D eigenvalue weighted by Crippen LogP contribution is 2.23. The van der Waals surface area contributed by atoms with Crippen molar-refractivity contribution >= 4 is 0 Å². The minimum atomic E-state index is -0.123. The number of likely N-dealkylation sites (tertiary alicyclic amines) is 1. The minimum Gasteiger partial charge on any atom is -0.392 e. The van der Waals surface area contributed by atoms with E-state index in [1.54, 1.807) is 0 Å². The summed E-state index contributed by atoms with van der Waals surface area (Å²) in [5, 5.41) is 13.0. The predicted molar refractivity (Wildman–Crippen MR) is 74.5 cm³/mol. The van der Waals surface area contributed by atoms with Gasteiger partial charge in [-0.3, -0.25) is 0 Å². The molecular weight excluding hydrogens is 224 g/mol. The molecule has 1 aliphatic rings. The van der Waals surface area contributed by atoms with Gasteiger partial charge in [0.15, 0.2) is 0 Å². The van der Waals surface area contributed by atoms with E-state index >= 15 is 0 Å². The highest BCUT2D eigenvalue weighted by molar-refractivity contribution is 5.19. The Kier molecular flexibility index (Phi) is 4.75. The molecule has 3 unspecified atom stereocenters. The van der Waals surface area contributed by atoms with E-state index < -0.39 is 0 Å². The van der Waals surface area contributed by atoms with E-state index in [1.807, 2.05) is 7.05 Å². The number of hydrogen-bond donors (Lipinski definition) is 2. The van der Waals surface area contributed by atoms with E-state index in [1.165, 1.54) is 5.56 Å². The Morgan fingerprint density at radius 1 is 1.39 bits per heavy atom. The molecule has 1 aromatic rings. The Labute approximate surface area is 110 Å². The van der Waals surface area contributed by atoms with Crippen LogP contribution in [0.3, 0.4) is 0 Å². The van der Waals surface area contributed by atoms with Crippen molar-refractivity contribution in [3.63, 3.8) is 0 Å². The van der Waals surface area contributed by atoms with Gasteiger partial charge in [0.1, 0.15) is 0 Å². The van der Waals surface area contributed by atoms with Crippen molar-refractivity contribution in [2.24, 2.45) is 5.92 Å². The van der Waals surface area contributed by atoms with Gasteiger partial charge in [-0.2, -0.15) is 0 Å². The van der Waals surface area contributed by atoms with Crippen molar-refractivity contribution in [3.05, 3.63) is 35.9 Å². The van der Waals surface area contributed by atoms with Crippen LogP contribution in [-0.4, -0.2) is 42.8 Å². The Hall–Kier alpha value is -0.900. The van der Waals surface area contributed by atoms with Crippen molar-refractivity contribution in [2.75, 3.05) is 26.7 Å². The molecule has 0 aromatic heterocycles. The second-order valence-electron chi connectivity index (χ2n) is 5.36. The van der Waals surface area contributed by atoms with Crippen LogP contribution in [0.2, 0.25) is 0 Å². The fourth-order valence-electron chi connectivity index (χ4n) is 2.93. The van der Waals surface area contributed by atoms with Gasteiger partial charge in [0.05, 0.1) is 6.10 Å². The Morgan fingerprint density at radius 2 is 2.11 bits per heavy atom. The molecule has 1 aliphatic heterocycles. The van der Waals surface area contributed by atoms with E-state index in [4.69, 9.17) is 0 Å². The van der Waals surface area contributed by atoms with E-state index in [0.717, 1.165) is 26.1 Å². The summed E-state index contributed by atoms with van der Waals surface area (Å²) < 4.78 is 0. The summed E-state index contributed by atoms with van der Waals surface area (Å²) in [6.45, 7) is 5.17. The van der Waals surface area contributed by atoms with Crippen LogP contribution in [0.25, 0.3) is 0 Å². The summed E-state index contributed by atoms with van der Waals surface area (Å²) >= 11 is 0. The van der Waals surface area contributed by atoms with Gasteiger partial charge < -0.3 is 15.3 Å². The normalized spacial score (nSPS) is 24.1. The van der Waals surface area contributed by atoms with Gasteiger partial charge in [-0.15, -0.1) is 0 Å². The largest absolute Gasteiger partial charge is 0.392 e. The molecule has 0 radical (unpaired) electrons. The molecule has 1 aromatic carbocycles. The topological polar surface area (TPSA) is 35.5 Å². The first kappa shape index (κ1) is 13.5. The molecule has 100 valence electrons. The highest BCUT2D eigenvalue weighted by atomic mass is 16.3. The first-order chi connectivity index (χ1) is 8.70. The summed E-state index contributed by atoms with van der Waals surface area (Å²) in [6, 6.07) is 11.0. The third kappa shape index (κ3) is 3.31. The molecule has 3 atom stereocenters. The smallest absolute Gasteiger partial charge is 0.0679 e. The minimum absolute atomic E-state index is 0.123. The van der Waals surface area contributed by atoms with Crippen LogP contribution >= 0.6 is 0 Å². The molecule has 0 spiro atoms. The standard InChI is InChI=1S/C15H24N2O/c1-12(10-17-9-8-14(18)11-17)15(16-2)13-6-4-3-5-7-13/h3-7,12,14-16,18H,8-11H2,1-2H3. The van der Waals surface area contributed by atoms with Crippen LogP contribution in [0.15, 0.2) is 30.3 Å². The van der Waals surface area contributed by atoms with E-state index in [9.17, 15) is 5.11 Å². The molecular formula is C15H24N2O. The highest BCUT2D eigenvalue weighted by Gasteiger charge is 2.25. The SMILES string of the molecule is CNC(c1ccccc1)C(C)CN1CCC(O)C1. The quantitative estimate of drug-likeness (QED) is 0.832. The van der Waals surface area contributed by atoms with Crippen molar-refractivity contribution in [1.82, 2.24) is 10.2 Å². The number of nitrogens with zero attached hydrogens (tertiary/aromatic N) is 1. The van der Waals surface area contributed by atoms with Gasteiger partial charge in [-0.1, -0.05) is 37.3 Å². The van der Waals surface area contributed by atoms with Gasteiger partial charge in [0.2, 0.25) is 0 Å². The van der Waals surface area contributed by atoms with Gasteiger partial charge in [-0.25, -0.2) is 0 Å². The molecule has 0 amide bonds. The average molecular weight is 248 g/mol. The molecule has 2 rings (SSSR count). The first-order valence-electron chi connectivity index (χ1n) is 6.83. The molecule has 0 aliphatic carbocycles. The van der Waals surface area contributed by atoms with Crippen molar-refractivity contribution in [3.8, 4) is 0 Å². The van der Waals surface area contributed by atoms with Crippen molar-refractivity contribution < 1.29 is 5.11 Å². The lowest BCUT2D eigenvalue weighted by molar-refractivity contribution is 0.167. The monoisotopic (exact) mass is 248 g/mol. The van der Waals surface area contributed by atoms with Crippen LogP contribution in [0, 0.1) is 5.92 Å². The number of nitrogens with one attached hydrogen (secondary N) is 1. The number of hydrogen-bond acceptors (Lipinski definition) is 3. The Bertz CT molecular complexity index is 355. The van der Waals surface area contributed by atoms with Crippen LogP contribution in [0.1, 0.15) is 24.9 Å². The summed E-state index contributed by atoms with van der Waals surface area (Å²) in [5.74, 6) is 0.530. The third-order valence-electron chi connectivity index (χ3n) is 3.83. The van der Waals surface area contributed by atoms with Gasteiger partial charge >= 0.3 is 0 Å². The summed E-state index contributed by atoms with van der Waals surface area (Å²) in [5.41, 5.74) is 1.34. The number of aliphatic hydroxyl groups is 1. The Balaban J connectivity index is 1.95. The number of aliphatic hydroxyl groups excluding tert-OH is 1. The van der Waals surface area contributed by atoms with Crippen molar-refractivity contribution in [2.45, 2.75) is 25.5 Å². The maximum atomic E-state index is 9.57. The lowest BCUT2D eigenvalue weighted by Gasteiger charge is -2.28. The number of β-amino-alcohol motifs (C(OH)–C–C–N with tert-alkyl or cyclic N) is 1. The second-order valence-corrected chi connectivity index (χ2v) is 5.36. The predicted octanol–water partition coefficient (Wildman–Crippen LogP) is 1.65. The Morgan fingerprint density at radius 3 is 2.67 bits per heavy atom. The fourth-order valence-corrected chi connectivity index (χ4v) is 2.93. The van der Waals surface area contributed by atoms with Gasteiger partial charge in [0.25, 0.3) is 0 Å². The van der Waals surface area contributed by atoms with E-state index in [-0.39, 0.29) is 6.10 Å². The van der Waals surface area contributed by atoms with Gasteiger partial charge in [0, 0.05) is 25.7 Å². The van der Waals surface area contributed by atoms with E-state index in [0.29, 0.717) is 12.0 Å². The average Bonchev–Trinajstić information content (AvgIpc) is 2.77. The first-order valence-corrected chi connectivity index (χ1v) is 6.83. The van der Waals surface area contributed by atoms with Crippen LogP contribution in [0.4, 0.5) is 0 Å². The lowest BCUT2D eigenvalue weighted by atomic mass is 9.94. The maximum Gasteiger partial charge on any atom is 0.0679 e. The molecule has 2 N–H and O–H groups in total. The summed E-state index contributed by atoms with van der Waals surface area (Å²) in [6.07, 6.45) is 0.796. The van der Waals surface area contributed by atoms with E-state index in [2.05, 4.69) is 47.5 Å². The molecule has 1 fully saturated rings. The molecule has 0 saturated carbocycles. The van der Waals surface area contributed by atoms with Crippen LogP contribution in [0.5, 0.6) is 0 Å². The second kappa shape index (κ2) is 6.32. The zero-order valence-corrected chi connectivity index (χ0v) is 11.3. The zero-order chi connectivity index (χ0) is 13.0. The van der Waals surface area contributed by atoms with Gasteiger partial charge in [-0.05, 0) is 24.9 Å². The molecule has 0 bridgehead atoms. The summed E-state index contributed by atoms with van der Waals surface area (Å²) in [4.78, 5) is 2.36.